The number of methoxy groups -OCH3 is 1. The van der Waals surface area contributed by atoms with E-state index in [2.05, 4.69) is 25.7 Å². The van der Waals surface area contributed by atoms with E-state index < -0.39 is 29.4 Å². The summed E-state index contributed by atoms with van der Waals surface area (Å²) >= 11 is 0. The highest BCUT2D eigenvalue weighted by atomic mass is 16.5. The normalized spacial score (nSPS) is 25.2. The van der Waals surface area contributed by atoms with Gasteiger partial charge in [-0.25, -0.2) is 0 Å². The molecule has 2 aliphatic rings. The van der Waals surface area contributed by atoms with E-state index >= 15 is 0 Å². The quantitative estimate of drug-likeness (QED) is 0.238. The molecule has 1 aromatic rings. The SMILES string of the molecule is CCCCC#C[C@]1(CCCC)[C@H](C(=O)OC)N1N1C(=O)c2ccccc2C1=O. The fraction of sp³-hybridized carbons (Fsp3) is 0.500. The summed E-state index contributed by atoms with van der Waals surface area (Å²) in [5.41, 5.74) is -0.165. The standard InChI is InChI=1S/C22H26N2O4/c1-4-6-8-11-15-22(14-7-5-2)18(21(27)28-3)24(22)23-19(25)16-12-9-10-13-17(16)20(23)26/h9-10,12-13,18H,4-8,14H2,1-3H3/t18-,22+,24?/m0/s1. The number of fused-ring (bicyclic) bond motifs is 1. The lowest BCUT2D eigenvalue weighted by molar-refractivity contribution is -0.141. The first-order chi connectivity index (χ1) is 13.5. The molecule has 6 nitrogen and oxygen atoms in total. The minimum atomic E-state index is -0.871. The molecule has 2 aliphatic heterocycles. The average Bonchev–Trinajstić information content (AvgIpc) is 3.28. The fourth-order valence-electron chi connectivity index (χ4n) is 3.76. The van der Waals surface area contributed by atoms with Crippen LogP contribution in [0.3, 0.4) is 0 Å². The van der Waals surface area contributed by atoms with Gasteiger partial charge in [0.1, 0.15) is 5.54 Å². The molecule has 1 aromatic carbocycles. The molecule has 0 aliphatic carbocycles. The van der Waals surface area contributed by atoms with Gasteiger partial charge in [0.05, 0.1) is 18.2 Å². The summed E-state index contributed by atoms with van der Waals surface area (Å²) in [5, 5.41) is 2.63. The largest absolute Gasteiger partial charge is 0.468 e. The van der Waals surface area contributed by atoms with Crippen molar-refractivity contribution >= 4 is 17.8 Å². The summed E-state index contributed by atoms with van der Waals surface area (Å²) in [6.45, 7) is 4.15. The Morgan fingerprint density at radius 3 is 2.25 bits per heavy atom. The Morgan fingerprint density at radius 1 is 1.11 bits per heavy atom. The van der Waals surface area contributed by atoms with E-state index in [0.29, 0.717) is 24.0 Å². The number of benzene rings is 1. The molecule has 3 rings (SSSR count). The van der Waals surface area contributed by atoms with Gasteiger partial charge in [0.15, 0.2) is 6.04 Å². The van der Waals surface area contributed by atoms with E-state index in [0.717, 1.165) is 30.7 Å². The molecular weight excluding hydrogens is 356 g/mol. The van der Waals surface area contributed by atoms with Crippen molar-refractivity contribution in [2.45, 2.75) is 64.0 Å². The molecule has 0 N–H and O–H groups in total. The minimum absolute atomic E-state index is 0.353. The monoisotopic (exact) mass is 382 g/mol. The van der Waals surface area contributed by atoms with E-state index in [9.17, 15) is 14.4 Å². The maximum absolute atomic E-state index is 12.9. The smallest absolute Gasteiger partial charge is 0.328 e. The van der Waals surface area contributed by atoms with Gasteiger partial charge in [-0.1, -0.05) is 51.2 Å². The lowest BCUT2D eigenvalue weighted by atomic mass is 9.98. The zero-order valence-corrected chi connectivity index (χ0v) is 16.7. The maximum atomic E-state index is 12.9. The van der Waals surface area contributed by atoms with Crippen LogP contribution < -0.4 is 0 Å². The number of hydrazine groups is 1. The Balaban J connectivity index is 1.99. The molecule has 1 unspecified atom stereocenters. The number of carbonyl (C=O) groups is 3. The highest BCUT2D eigenvalue weighted by Gasteiger charge is 2.71. The number of imide groups is 1. The molecule has 0 aromatic heterocycles. The summed E-state index contributed by atoms with van der Waals surface area (Å²) < 4.78 is 4.98. The van der Waals surface area contributed by atoms with Crippen LogP contribution >= 0.6 is 0 Å². The third kappa shape index (κ3) is 3.20. The van der Waals surface area contributed by atoms with Crippen LogP contribution in [0.5, 0.6) is 0 Å². The number of nitrogens with zero attached hydrogens (tertiary/aromatic N) is 2. The number of ether oxygens (including phenoxy) is 1. The van der Waals surface area contributed by atoms with Crippen LogP contribution in [0.1, 0.15) is 73.1 Å². The van der Waals surface area contributed by atoms with Crippen molar-refractivity contribution in [2.75, 3.05) is 7.11 Å². The number of unbranched alkanes of at least 4 members (excludes halogenated alkanes) is 3. The first kappa shape index (κ1) is 20.1. The van der Waals surface area contributed by atoms with Gasteiger partial charge in [-0.2, -0.15) is 10.0 Å². The zero-order valence-electron chi connectivity index (χ0n) is 16.7. The molecule has 1 saturated heterocycles. The van der Waals surface area contributed by atoms with Gasteiger partial charge in [-0.3, -0.25) is 14.4 Å². The van der Waals surface area contributed by atoms with Crippen molar-refractivity contribution in [2.24, 2.45) is 0 Å². The van der Waals surface area contributed by atoms with Gasteiger partial charge in [0.25, 0.3) is 11.8 Å². The number of rotatable bonds is 7. The number of carbonyl (C=O) groups excluding carboxylic acids is 3. The van der Waals surface area contributed by atoms with Gasteiger partial charge in [-0.15, -0.1) is 5.92 Å². The Bertz CT molecular complexity index is 819. The van der Waals surface area contributed by atoms with Crippen molar-refractivity contribution in [3.63, 3.8) is 0 Å². The Kier molecular flexibility index (Phi) is 5.85. The molecule has 2 amide bonds. The average molecular weight is 382 g/mol. The third-order valence-corrected chi connectivity index (χ3v) is 5.32. The lowest BCUT2D eigenvalue weighted by Gasteiger charge is -2.19. The fourth-order valence-corrected chi connectivity index (χ4v) is 3.76. The molecule has 6 heteroatoms. The molecule has 1 fully saturated rings. The van der Waals surface area contributed by atoms with Crippen LogP contribution in [-0.2, 0) is 9.53 Å². The third-order valence-electron chi connectivity index (χ3n) is 5.32. The second kappa shape index (κ2) is 8.15. The molecule has 0 radical (unpaired) electrons. The molecule has 2 heterocycles. The van der Waals surface area contributed by atoms with Crippen molar-refractivity contribution in [3.8, 4) is 11.8 Å². The van der Waals surface area contributed by atoms with E-state index in [1.54, 1.807) is 24.3 Å². The number of esters is 1. The summed E-state index contributed by atoms with van der Waals surface area (Å²) in [4.78, 5) is 38.4. The highest BCUT2D eigenvalue weighted by Crippen LogP contribution is 2.49. The maximum Gasteiger partial charge on any atom is 0.328 e. The molecule has 148 valence electrons. The number of amides is 2. The van der Waals surface area contributed by atoms with E-state index in [-0.39, 0.29) is 0 Å². The first-order valence-corrected chi connectivity index (χ1v) is 9.88. The second-order valence-corrected chi connectivity index (χ2v) is 7.17. The molecule has 3 atom stereocenters. The van der Waals surface area contributed by atoms with Crippen molar-refractivity contribution in [1.82, 2.24) is 10.0 Å². The summed E-state index contributed by atoms with van der Waals surface area (Å²) in [7, 11) is 1.32. The van der Waals surface area contributed by atoms with Crippen LogP contribution in [-0.4, -0.2) is 46.5 Å². The molecular formula is C22H26N2O4. The van der Waals surface area contributed by atoms with Crippen LogP contribution in [0.25, 0.3) is 0 Å². The number of hydrogen-bond acceptors (Lipinski definition) is 5. The summed E-state index contributed by atoms with van der Waals surface area (Å²) in [5.74, 6) is 5.09. The molecule has 0 bridgehead atoms. The van der Waals surface area contributed by atoms with E-state index in [1.807, 2.05) is 0 Å². The molecule has 0 spiro atoms. The van der Waals surface area contributed by atoms with Crippen LogP contribution in [0, 0.1) is 11.8 Å². The van der Waals surface area contributed by atoms with Gasteiger partial charge in [-0.05, 0) is 25.0 Å². The Hall–Kier alpha value is -2.65. The second-order valence-electron chi connectivity index (χ2n) is 7.17. The van der Waals surface area contributed by atoms with Crippen LogP contribution in [0.4, 0.5) is 0 Å². The molecule has 0 saturated carbocycles. The number of hydrogen-bond donors (Lipinski definition) is 0. The Labute approximate surface area is 165 Å². The zero-order chi connectivity index (χ0) is 20.3. The van der Waals surface area contributed by atoms with Crippen molar-refractivity contribution in [1.29, 1.82) is 0 Å². The van der Waals surface area contributed by atoms with Crippen molar-refractivity contribution in [3.05, 3.63) is 35.4 Å². The van der Waals surface area contributed by atoms with Crippen molar-refractivity contribution < 1.29 is 19.1 Å². The summed E-state index contributed by atoms with van der Waals surface area (Å²) in [6, 6.07) is 5.96. The van der Waals surface area contributed by atoms with Gasteiger partial charge in [0.2, 0.25) is 0 Å². The van der Waals surface area contributed by atoms with Crippen LogP contribution in [0.2, 0.25) is 0 Å². The van der Waals surface area contributed by atoms with Gasteiger partial charge < -0.3 is 4.74 Å². The van der Waals surface area contributed by atoms with Gasteiger partial charge in [0, 0.05) is 6.42 Å². The lowest BCUT2D eigenvalue weighted by Crippen LogP contribution is -2.39. The highest BCUT2D eigenvalue weighted by molar-refractivity contribution is 6.21. The Morgan fingerprint density at radius 2 is 1.71 bits per heavy atom. The predicted molar refractivity (Wildman–Crippen MR) is 104 cm³/mol. The van der Waals surface area contributed by atoms with Crippen LogP contribution in [0.15, 0.2) is 24.3 Å². The topological polar surface area (TPSA) is 66.7 Å². The summed E-state index contributed by atoms with van der Waals surface area (Å²) in [6.07, 6.45) is 5.05. The van der Waals surface area contributed by atoms with E-state index in [4.69, 9.17) is 4.74 Å². The van der Waals surface area contributed by atoms with E-state index in [1.165, 1.54) is 12.1 Å². The minimum Gasteiger partial charge on any atom is -0.468 e. The first-order valence-electron chi connectivity index (χ1n) is 9.88. The van der Waals surface area contributed by atoms with Gasteiger partial charge >= 0.3 is 5.97 Å². The predicted octanol–water partition coefficient (Wildman–Crippen LogP) is 3.18. The molecule has 28 heavy (non-hydrogen) atoms.